The van der Waals surface area contributed by atoms with Crippen molar-refractivity contribution in [3.05, 3.63) is 65.2 Å². The summed E-state index contributed by atoms with van der Waals surface area (Å²) < 4.78 is 39.6. The van der Waals surface area contributed by atoms with Crippen molar-refractivity contribution in [3.63, 3.8) is 0 Å². The first-order valence-electron chi connectivity index (χ1n) is 10.2. The van der Waals surface area contributed by atoms with Crippen LogP contribution >= 0.6 is 0 Å². The lowest BCUT2D eigenvalue weighted by atomic mass is 9.81. The molecule has 0 unspecified atom stereocenters. The van der Waals surface area contributed by atoms with E-state index in [2.05, 4.69) is 10.6 Å². The molecule has 2 aromatic carbocycles. The van der Waals surface area contributed by atoms with Gasteiger partial charge in [0.2, 0.25) is 5.91 Å². The minimum atomic E-state index is -4.57. The number of hydrogen-bond donors (Lipinski definition) is 2. The number of amides is 3. The number of rotatable bonds is 4. The third-order valence-electron chi connectivity index (χ3n) is 5.71. The van der Waals surface area contributed by atoms with Crippen LogP contribution in [0.2, 0.25) is 0 Å². The van der Waals surface area contributed by atoms with Crippen molar-refractivity contribution in [2.75, 3.05) is 18.4 Å². The zero-order valence-corrected chi connectivity index (χ0v) is 17.6. The third kappa shape index (κ3) is 5.37. The van der Waals surface area contributed by atoms with Crippen LogP contribution in [0.15, 0.2) is 48.5 Å². The molecule has 0 spiro atoms. The second-order valence-corrected chi connectivity index (χ2v) is 8.17. The third-order valence-corrected chi connectivity index (χ3v) is 5.71. The fourth-order valence-corrected chi connectivity index (χ4v) is 3.83. The Bertz CT molecular complexity index is 961. The van der Waals surface area contributed by atoms with Crippen molar-refractivity contribution in [2.45, 2.75) is 39.4 Å². The highest BCUT2D eigenvalue weighted by molar-refractivity contribution is 5.91. The number of alkyl halides is 3. The smallest absolute Gasteiger partial charge is 0.351 e. The largest absolute Gasteiger partial charge is 0.418 e. The predicted octanol–water partition coefficient (Wildman–Crippen LogP) is 4.96. The van der Waals surface area contributed by atoms with E-state index in [0.29, 0.717) is 25.9 Å². The van der Waals surface area contributed by atoms with E-state index < -0.39 is 23.2 Å². The van der Waals surface area contributed by atoms with Gasteiger partial charge in [-0.1, -0.05) is 36.4 Å². The highest BCUT2D eigenvalue weighted by Crippen LogP contribution is 2.35. The second kappa shape index (κ2) is 8.99. The van der Waals surface area contributed by atoms with Gasteiger partial charge in [0.1, 0.15) is 0 Å². The number of urea groups is 1. The summed E-state index contributed by atoms with van der Waals surface area (Å²) in [7, 11) is 0. The Labute approximate surface area is 179 Å². The van der Waals surface area contributed by atoms with Crippen LogP contribution in [-0.4, -0.2) is 29.9 Å². The van der Waals surface area contributed by atoms with Crippen molar-refractivity contribution in [3.8, 4) is 0 Å². The van der Waals surface area contributed by atoms with E-state index in [1.807, 2.05) is 31.2 Å². The van der Waals surface area contributed by atoms with Gasteiger partial charge in [-0.05, 0) is 49.9 Å². The number of anilines is 1. The van der Waals surface area contributed by atoms with Crippen LogP contribution in [0.5, 0.6) is 0 Å². The summed E-state index contributed by atoms with van der Waals surface area (Å²) >= 11 is 0. The summed E-state index contributed by atoms with van der Waals surface area (Å²) in [5.41, 5.74) is 0.0619. The van der Waals surface area contributed by atoms with Gasteiger partial charge in [0.05, 0.1) is 16.7 Å². The minimum Gasteiger partial charge on any atom is -0.351 e. The first-order valence-corrected chi connectivity index (χ1v) is 10.2. The van der Waals surface area contributed by atoms with Crippen LogP contribution in [0.3, 0.4) is 0 Å². The lowest BCUT2D eigenvalue weighted by Gasteiger charge is -2.39. The van der Waals surface area contributed by atoms with Crippen molar-refractivity contribution in [2.24, 2.45) is 5.41 Å². The lowest BCUT2D eigenvalue weighted by Crippen LogP contribution is -2.52. The minimum absolute atomic E-state index is 0.132. The van der Waals surface area contributed by atoms with Crippen LogP contribution in [0.4, 0.5) is 23.7 Å². The summed E-state index contributed by atoms with van der Waals surface area (Å²) in [6.07, 6.45) is -3.39. The molecule has 2 aromatic rings. The maximum Gasteiger partial charge on any atom is 0.418 e. The highest BCUT2D eigenvalue weighted by Gasteiger charge is 2.40. The molecule has 0 radical (unpaired) electrons. The molecule has 1 aliphatic rings. The van der Waals surface area contributed by atoms with Gasteiger partial charge in [0.25, 0.3) is 0 Å². The highest BCUT2D eigenvalue weighted by atomic mass is 19.4. The second-order valence-electron chi connectivity index (χ2n) is 8.17. The fourth-order valence-electron chi connectivity index (χ4n) is 3.83. The number of nitrogens with one attached hydrogen (secondary N) is 2. The van der Waals surface area contributed by atoms with Gasteiger partial charge < -0.3 is 15.5 Å². The van der Waals surface area contributed by atoms with Gasteiger partial charge >= 0.3 is 12.2 Å². The zero-order valence-electron chi connectivity index (χ0n) is 17.6. The number of carbonyl (C=O) groups excluding carboxylic acids is 2. The Hall–Kier alpha value is -3.03. The number of para-hydroxylation sites is 1. The number of hydrogen-bond acceptors (Lipinski definition) is 2. The molecule has 1 fully saturated rings. The number of carbonyl (C=O) groups is 2. The molecule has 1 atom stereocenters. The average Bonchev–Trinajstić information content (AvgIpc) is 2.72. The molecule has 5 nitrogen and oxygen atoms in total. The van der Waals surface area contributed by atoms with E-state index in [9.17, 15) is 22.8 Å². The molecule has 0 aliphatic carbocycles. The Balaban J connectivity index is 1.66. The zero-order chi connectivity index (χ0) is 22.6. The van der Waals surface area contributed by atoms with Gasteiger partial charge in [-0.3, -0.25) is 4.79 Å². The molecule has 1 aliphatic heterocycles. The average molecular weight is 433 g/mol. The van der Waals surface area contributed by atoms with E-state index in [0.717, 1.165) is 17.2 Å². The molecule has 166 valence electrons. The lowest BCUT2D eigenvalue weighted by molar-refractivity contribution is -0.137. The molecule has 31 heavy (non-hydrogen) atoms. The van der Waals surface area contributed by atoms with Crippen molar-refractivity contribution < 1.29 is 22.8 Å². The number of aryl methyl sites for hydroxylation is 1. The summed E-state index contributed by atoms with van der Waals surface area (Å²) in [6.45, 7) is 4.64. The Kier molecular flexibility index (Phi) is 6.57. The van der Waals surface area contributed by atoms with Crippen molar-refractivity contribution in [1.82, 2.24) is 10.2 Å². The Morgan fingerprint density at radius 2 is 1.77 bits per heavy atom. The van der Waals surface area contributed by atoms with E-state index in [1.165, 1.54) is 23.1 Å². The maximum absolute atomic E-state index is 13.2. The molecule has 3 rings (SSSR count). The van der Waals surface area contributed by atoms with Gasteiger partial charge in [0, 0.05) is 19.6 Å². The van der Waals surface area contributed by atoms with E-state index in [1.54, 1.807) is 6.92 Å². The number of piperidine rings is 1. The number of benzene rings is 2. The Morgan fingerprint density at radius 1 is 1.10 bits per heavy atom. The molecule has 1 heterocycles. The maximum atomic E-state index is 13.2. The Morgan fingerprint density at radius 3 is 2.48 bits per heavy atom. The summed E-state index contributed by atoms with van der Waals surface area (Å²) in [6, 6.07) is 11.9. The number of halogens is 3. The molecule has 1 saturated heterocycles. The number of nitrogens with zero attached hydrogens (tertiary/aromatic N) is 1. The van der Waals surface area contributed by atoms with Gasteiger partial charge in [-0.25, -0.2) is 4.79 Å². The van der Waals surface area contributed by atoms with Gasteiger partial charge in [-0.2, -0.15) is 13.2 Å². The molecule has 0 bridgehead atoms. The molecule has 3 amide bonds. The molecular formula is C23H26F3N3O2. The predicted molar refractivity (Wildman–Crippen MR) is 112 cm³/mol. The van der Waals surface area contributed by atoms with Gasteiger partial charge in [-0.15, -0.1) is 0 Å². The van der Waals surface area contributed by atoms with Gasteiger partial charge in [0.15, 0.2) is 0 Å². The fraction of sp³-hybridized carbons (Fsp3) is 0.391. The number of likely N-dealkylation sites (tertiary alicyclic amines) is 1. The first-order chi connectivity index (χ1) is 14.6. The van der Waals surface area contributed by atoms with Crippen molar-refractivity contribution >= 4 is 17.6 Å². The van der Waals surface area contributed by atoms with Crippen LogP contribution in [-0.2, 0) is 17.5 Å². The topological polar surface area (TPSA) is 61.4 Å². The molecular weight excluding hydrogens is 407 g/mol. The SMILES string of the molecule is Cc1ccccc1CNC(=O)[C@]1(C)CCCN(C(=O)Nc2ccccc2C(F)(F)F)C1. The normalized spacial score (nSPS) is 19.1. The first kappa shape index (κ1) is 22.7. The standard InChI is InChI=1S/C23H26F3N3O2/c1-16-8-3-4-9-17(16)14-27-20(30)22(2)12-7-13-29(15-22)21(31)28-19-11-6-5-10-18(19)23(24,25)26/h3-6,8-11H,7,12-15H2,1-2H3,(H,27,30)(H,28,31)/t22-/m1/s1. The van der Waals surface area contributed by atoms with Crippen LogP contribution in [0, 0.1) is 12.3 Å². The van der Waals surface area contributed by atoms with Crippen LogP contribution in [0.25, 0.3) is 0 Å². The summed E-state index contributed by atoms with van der Waals surface area (Å²) in [4.78, 5) is 27.0. The van der Waals surface area contributed by atoms with E-state index >= 15 is 0 Å². The molecule has 2 N–H and O–H groups in total. The molecule has 0 saturated carbocycles. The van der Waals surface area contributed by atoms with Crippen LogP contribution in [0.1, 0.15) is 36.5 Å². The van der Waals surface area contributed by atoms with E-state index in [4.69, 9.17) is 0 Å². The quantitative estimate of drug-likeness (QED) is 0.716. The molecule has 0 aromatic heterocycles. The summed E-state index contributed by atoms with van der Waals surface area (Å²) in [5.74, 6) is -0.177. The monoisotopic (exact) mass is 433 g/mol. The van der Waals surface area contributed by atoms with Crippen LogP contribution < -0.4 is 10.6 Å². The molecule has 8 heteroatoms. The van der Waals surface area contributed by atoms with Crippen molar-refractivity contribution in [1.29, 1.82) is 0 Å². The van der Waals surface area contributed by atoms with E-state index in [-0.39, 0.29) is 18.1 Å². The summed E-state index contributed by atoms with van der Waals surface area (Å²) in [5, 5.41) is 5.31.